The molecule has 3 aromatic rings. The number of carbonyl (C=O) groups is 2. The van der Waals surface area contributed by atoms with Crippen molar-refractivity contribution in [3.05, 3.63) is 65.2 Å². The van der Waals surface area contributed by atoms with Crippen molar-refractivity contribution in [2.24, 2.45) is 0 Å². The maximum atomic E-state index is 12.5. The van der Waals surface area contributed by atoms with Gasteiger partial charge in [0.1, 0.15) is 5.01 Å². The number of para-hydroxylation sites is 1. The van der Waals surface area contributed by atoms with Gasteiger partial charge in [-0.05, 0) is 12.1 Å². The number of ketones is 1. The second-order valence-corrected chi connectivity index (χ2v) is 8.14. The first-order valence-electron chi connectivity index (χ1n) is 9.62. The van der Waals surface area contributed by atoms with Crippen molar-refractivity contribution < 1.29 is 9.59 Å². The maximum Gasteiger partial charge on any atom is 0.223 e. The Balaban J connectivity index is 1.24. The molecule has 0 radical (unpaired) electrons. The molecule has 6 heteroatoms. The summed E-state index contributed by atoms with van der Waals surface area (Å²) in [5.74, 6) is 0.104. The van der Waals surface area contributed by atoms with Gasteiger partial charge < -0.3 is 4.90 Å². The van der Waals surface area contributed by atoms with E-state index in [1.165, 1.54) is 4.70 Å². The molecule has 5 nitrogen and oxygen atoms in total. The molecule has 1 aromatic heterocycles. The highest BCUT2D eigenvalue weighted by atomic mass is 32.1. The zero-order valence-electron chi connectivity index (χ0n) is 15.7. The molecule has 0 spiro atoms. The number of Topliss-reactive ketones (excluding diaryl/α,β-unsaturated/α-hetero) is 1. The number of hydrogen-bond acceptors (Lipinski definition) is 5. The molecule has 144 valence electrons. The van der Waals surface area contributed by atoms with Crippen LogP contribution in [0.4, 0.5) is 0 Å². The standard InChI is InChI=1S/C22H23N3O2S/c26-19(17-6-2-1-3-7-17)10-11-22(27)25-14-12-24(13-15-25)16-21-23-18-8-4-5-9-20(18)28-21/h1-9H,10-16H2. The van der Waals surface area contributed by atoms with E-state index in [0.717, 1.165) is 30.2 Å². The van der Waals surface area contributed by atoms with Gasteiger partial charge in [0.2, 0.25) is 5.91 Å². The molecule has 1 amide bonds. The van der Waals surface area contributed by atoms with E-state index in [2.05, 4.69) is 11.0 Å². The van der Waals surface area contributed by atoms with Gasteiger partial charge in [0.05, 0.1) is 16.8 Å². The van der Waals surface area contributed by atoms with E-state index in [4.69, 9.17) is 4.98 Å². The molecule has 0 saturated carbocycles. The Bertz CT molecular complexity index is 929. The lowest BCUT2D eigenvalue weighted by atomic mass is 10.1. The van der Waals surface area contributed by atoms with Crippen LogP contribution in [0.2, 0.25) is 0 Å². The van der Waals surface area contributed by atoms with Crippen LogP contribution in [0.3, 0.4) is 0 Å². The molecule has 0 N–H and O–H groups in total. The van der Waals surface area contributed by atoms with Gasteiger partial charge in [-0.15, -0.1) is 11.3 Å². The lowest BCUT2D eigenvalue weighted by molar-refractivity contribution is -0.132. The predicted octanol–water partition coefficient (Wildman–Crippen LogP) is 3.60. The molecule has 0 unspecified atom stereocenters. The van der Waals surface area contributed by atoms with Crippen LogP contribution < -0.4 is 0 Å². The molecule has 2 aromatic carbocycles. The third kappa shape index (κ3) is 4.46. The number of nitrogens with zero attached hydrogens (tertiary/aromatic N) is 3. The molecule has 1 saturated heterocycles. The van der Waals surface area contributed by atoms with Crippen molar-refractivity contribution in [1.29, 1.82) is 0 Å². The Morgan fingerprint density at radius 1 is 0.893 bits per heavy atom. The van der Waals surface area contributed by atoms with Crippen LogP contribution in [0.25, 0.3) is 10.2 Å². The van der Waals surface area contributed by atoms with Crippen LogP contribution in [-0.2, 0) is 11.3 Å². The molecule has 0 atom stereocenters. The van der Waals surface area contributed by atoms with Crippen molar-refractivity contribution in [2.45, 2.75) is 19.4 Å². The van der Waals surface area contributed by atoms with E-state index in [1.54, 1.807) is 23.5 Å². The second kappa shape index (κ2) is 8.63. The normalized spacial score (nSPS) is 15.1. The van der Waals surface area contributed by atoms with Gasteiger partial charge in [-0.25, -0.2) is 4.98 Å². The number of aromatic nitrogens is 1. The molecule has 28 heavy (non-hydrogen) atoms. The summed E-state index contributed by atoms with van der Waals surface area (Å²) < 4.78 is 1.22. The van der Waals surface area contributed by atoms with E-state index in [-0.39, 0.29) is 24.5 Å². The quantitative estimate of drug-likeness (QED) is 0.601. The largest absolute Gasteiger partial charge is 0.340 e. The van der Waals surface area contributed by atoms with Crippen LogP contribution in [-0.4, -0.2) is 52.7 Å². The average molecular weight is 394 g/mol. The van der Waals surface area contributed by atoms with E-state index in [1.807, 2.05) is 41.3 Å². The number of hydrogen-bond donors (Lipinski definition) is 0. The monoisotopic (exact) mass is 393 g/mol. The first kappa shape index (κ1) is 18.8. The number of benzene rings is 2. The summed E-state index contributed by atoms with van der Waals surface area (Å²) in [6, 6.07) is 17.4. The Hall–Kier alpha value is -2.57. The van der Waals surface area contributed by atoms with Crippen LogP contribution in [0.15, 0.2) is 54.6 Å². The molecule has 1 aliphatic rings. The van der Waals surface area contributed by atoms with Crippen LogP contribution in [0.1, 0.15) is 28.2 Å². The first-order chi connectivity index (χ1) is 13.7. The Kier molecular flexibility index (Phi) is 5.78. The molecule has 4 rings (SSSR count). The topological polar surface area (TPSA) is 53.5 Å². The lowest BCUT2D eigenvalue weighted by Crippen LogP contribution is -2.48. The van der Waals surface area contributed by atoms with E-state index in [0.29, 0.717) is 18.7 Å². The Morgan fingerprint density at radius 2 is 1.61 bits per heavy atom. The molecular weight excluding hydrogens is 370 g/mol. The highest BCUT2D eigenvalue weighted by molar-refractivity contribution is 7.18. The minimum atomic E-state index is 0.0309. The number of rotatable bonds is 6. The fourth-order valence-corrected chi connectivity index (χ4v) is 4.49. The van der Waals surface area contributed by atoms with Crippen LogP contribution >= 0.6 is 11.3 Å². The fraction of sp³-hybridized carbons (Fsp3) is 0.318. The van der Waals surface area contributed by atoms with Crippen LogP contribution in [0.5, 0.6) is 0 Å². The third-order valence-corrected chi connectivity index (χ3v) is 6.10. The number of piperazine rings is 1. The highest BCUT2D eigenvalue weighted by Crippen LogP contribution is 2.23. The average Bonchev–Trinajstić information content (AvgIpc) is 3.15. The molecule has 0 aliphatic carbocycles. The van der Waals surface area contributed by atoms with Crippen LogP contribution in [0, 0.1) is 0 Å². The summed E-state index contributed by atoms with van der Waals surface area (Å²) in [6.45, 7) is 3.93. The second-order valence-electron chi connectivity index (χ2n) is 7.02. The van der Waals surface area contributed by atoms with Crippen molar-refractivity contribution >= 4 is 33.2 Å². The zero-order valence-corrected chi connectivity index (χ0v) is 16.5. The predicted molar refractivity (Wildman–Crippen MR) is 111 cm³/mol. The molecule has 1 fully saturated rings. The summed E-state index contributed by atoms with van der Waals surface area (Å²) in [5, 5.41) is 1.12. The van der Waals surface area contributed by atoms with Crippen molar-refractivity contribution in [3.63, 3.8) is 0 Å². The van der Waals surface area contributed by atoms with Crippen molar-refractivity contribution in [3.8, 4) is 0 Å². The maximum absolute atomic E-state index is 12.5. The van der Waals surface area contributed by atoms with Gasteiger partial charge in [-0.1, -0.05) is 42.5 Å². The van der Waals surface area contributed by atoms with Crippen molar-refractivity contribution in [1.82, 2.24) is 14.8 Å². The van der Waals surface area contributed by atoms with E-state index in [9.17, 15) is 9.59 Å². The highest BCUT2D eigenvalue weighted by Gasteiger charge is 2.22. The molecule has 0 bridgehead atoms. The number of fused-ring (bicyclic) bond motifs is 1. The minimum absolute atomic E-state index is 0.0309. The minimum Gasteiger partial charge on any atom is -0.340 e. The molecule has 2 heterocycles. The summed E-state index contributed by atoms with van der Waals surface area (Å²) in [4.78, 5) is 33.6. The Labute approximate surface area is 168 Å². The lowest BCUT2D eigenvalue weighted by Gasteiger charge is -2.34. The summed E-state index contributed by atoms with van der Waals surface area (Å²) in [5.41, 5.74) is 1.73. The smallest absolute Gasteiger partial charge is 0.223 e. The van der Waals surface area contributed by atoms with Gasteiger partial charge in [0.15, 0.2) is 5.78 Å². The SMILES string of the molecule is O=C(CCC(=O)N1CCN(Cc2nc3ccccc3s2)CC1)c1ccccc1. The van der Waals surface area contributed by atoms with Gasteiger partial charge in [0, 0.05) is 44.6 Å². The molecule has 1 aliphatic heterocycles. The van der Waals surface area contributed by atoms with E-state index < -0.39 is 0 Å². The van der Waals surface area contributed by atoms with Gasteiger partial charge in [0.25, 0.3) is 0 Å². The number of amides is 1. The zero-order chi connectivity index (χ0) is 19.3. The van der Waals surface area contributed by atoms with Gasteiger partial charge in [-0.3, -0.25) is 14.5 Å². The third-order valence-electron chi connectivity index (χ3n) is 5.08. The van der Waals surface area contributed by atoms with E-state index >= 15 is 0 Å². The molecular formula is C22H23N3O2S. The number of thiazole rings is 1. The number of carbonyl (C=O) groups excluding carboxylic acids is 2. The fourth-order valence-electron chi connectivity index (χ4n) is 3.48. The summed E-state index contributed by atoms with van der Waals surface area (Å²) >= 11 is 1.74. The van der Waals surface area contributed by atoms with Crippen molar-refractivity contribution in [2.75, 3.05) is 26.2 Å². The summed E-state index contributed by atoms with van der Waals surface area (Å²) in [7, 11) is 0. The first-order valence-corrected chi connectivity index (χ1v) is 10.4. The van der Waals surface area contributed by atoms with Gasteiger partial charge >= 0.3 is 0 Å². The Morgan fingerprint density at radius 3 is 2.36 bits per heavy atom. The van der Waals surface area contributed by atoms with Gasteiger partial charge in [-0.2, -0.15) is 0 Å². The summed E-state index contributed by atoms with van der Waals surface area (Å²) in [6.07, 6.45) is 0.556.